The van der Waals surface area contributed by atoms with Crippen molar-refractivity contribution >= 4 is 29.3 Å². The molecule has 1 fully saturated rings. The van der Waals surface area contributed by atoms with Gasteiger partial charge in [0, 0.05) is 53.5 Å². The van der Waals surface area contributed by atoms with E-state index in [4.69, 9.17) is 16.7 Å². The van der Waals surface area contributed by atoms with Crippen LogP contribution in [0.1, 0.15) is 33.7 Å². The molecule has 1 aromatic carbocycles. The highest BCUT2D eigenvalue weighted by molar-refractivity contribution is 7.99. The van der Waals surface area contributed by atoms with E-state index in [1.807, 2.05) is 45.6 Å². The molecule has 154 valence electrons. The van der Waals surface area contributed by atoms with Crippen molar-refractivity contribution in [1.29, 1.82) is 0 Å². The van der Waals surface area contributed by atoms with Gasteiger partial charge >= 0.3 is 0 Å². The minimum absolute atomic E-state index is 0.0797. The van der Waals surface area contributed by atoms with E-state index in [0.29, 0.717) is 18.3 Å². The average Bonchev–Trinajstić information content (AvgIpc) is 3.11. The zero-order valence-corrected chi connectivity index (χ0v) is 18.1. The molecule has 0 radical (unpaired) electrons. The number of carbonyl (C=O) groups excluding carboxylic acids is 1. The third-order valence-electron chi connectivity index (χ3n) is 5.69. The maximum atomic E-state index is 13.2. The largest absolute Gasteiger partial charge is 0.336 e. The number of halogens is 1. The Morgan fingerprint density at radius 1 is 1.34 bits per heavy atom. The van der Waals surface area contributed by atoms with Crippen LogP contribution in [-0.2, 0) is 25.9 Å². The first-order valence-electron chi connectivity index (χ1n) is 10.2. The molecule has 1 atom stereocenters. The lowest BCUT2D eigenvalue weighted by Gasteiger charge is -2.27. The Morgan fingerprint density at radius 2 is 2.14 bits per heavy atom. The molecule has 29 heavy (non-hydrogen) atoms. The van der Waals surface area contributed by atoms with E-state index in [9.17, 15) is 4.79 Å². The lowest BCUT2D eigenvalue weighted by atomic mass is 9.91. The Kier molecular flexibility index (Phi) is 6.63. The molecule has 0 spiro atoms. The second kappa shape index (κ2) is 9.37. The maximum Gasteiger partial charge on any atom is 0.274 e. The van der Waals surface area contributed by atoms with Gasteiger partial charge in [-0.3, -0.25) is 9.48 Å². The van der Waals surface area contributed by atoms with Crippen molar-refractivity contribution < 1.29 is 4.79 Å². The summed E-state index contributed by atoms with van der Waals surface area (Å²) in [5.41, 5.74) is 4.04. The Balaban J connectivity index is 1.53. The lowest BCUT2D eigenvalue weighted by Crippen LogP contribution is -2.39. The van der Waals surface area contributed by atoms with Crippen LogP contribution in [0, 0.1) is 0 Å². The summed E-state index contributed by atoms with van der Waals surface area (Å²) in [6, 6.07) is 8.24. The van der Waals surface area contributed by atoms with Crippen LogP contribution in [0.25, 0.3) is 0 Å². The predicted molar refractivity (Wildman–Crippen MR) is 120 cm³/mol. The van der Waals surface area contributed by atoms with Crippen molar-refractivity contribution in [3.8, 4) is 0 Å². The number of benzene rings is 1. The van der Waals surface area contributed by atoms with Gasteiger partial charge in [-0.25, -0.2) is 0 Å². The van der Waals surface area contributed by atoms with E-state index < -0.39 is 0 Å². The first-order valence-corrected chi connectivity index (χ1v) is 11.7. The molecular weight excluding hydrogens is 404 g/mol. The van der Waals surface area contributed by atoms with Crippen molar-refractivity contribution in [3.63, 3.8) is 0 Å². The summed E-state index contributed by atoms with van der Waals surface area (Å²) in [6.07, 6.45) is 4.61. The minimum Gasteiger partial charge on any atom is -0.336 e. The molecule has 1 amide bonds. The zero-order valence-electron chi connectivity index (χ0n) is 16.6. The number of allylic oxidation sites excluding steroid dienone is 1. The molecule has 5 nitrogen and oxygen atoms in total. The number of aromatic nitrogens is 2. The zero-order chi connectivity index (χ0) is 20.2. The van der Waals surface area contributed by atoms with Gasteiger partial charge in [-0.1, -0.05) is 35.9 Å². The van der Waals surface area contributed by atoms with Crippen molar-refractivity contribution in [3.05, 3.63) is 64.5 Å². The first kappa shape index (κ1) is 20.5. The molecule has 0 bridgehead atoms. The van der Waals surface area contributed by atoms with E-state index in [1.54, 1.807) is 0 Å². The van der Waals surface area contributed by atoms with Gasteiger partial charge in [-0.2, -0.15) is 16.9 Å². The summed E-state index contributed by atoms with van der Waals surface area (Å²) < 4.78 is 1.97. The third-order valence-corrected chi connectivity index (χ3v) is 7.00. The Hall–Kier alpha value is -1.76. The number of hydrogen-bond acceptors (Lipinski definition) is 4. The minimum atomic E-state index is 0.0797. The van der Waals surface area contributed by atoms with Crippen molar-refractivity contribution in [1.82, 2.24) is 20.0 Å². The van der Waals surface area contributed by atoms with Gasteiger partial charge in [0.05, 0.1) is 6.54 Å². The average molecular weight is 431 g/mol. The second-order valence-corrected chi connectivity index (χ2v) is 9.19. The van der Waals surface area contributed by atoms with Crippen LogP contribution in [0.3, 0.4) is 0 Å². The number of amides is 1. The fraction of sp³-hybridized carbons (Fsp3) is 0.455. The van der Waals surface area contributed by atoms with E-state index in [-0.39, 0.29) is 5.91 Å². The predicted octanol–water partition coefficient (Wildman–Crippen LogP) is 3.56. The number of nitrogens with zero attached hydrogens (tertiary/aromatic N) is 3. The number of carbonyl (C=O) groups is 1. The standard InChI is InChI=1S/C22H27ClN4OS/c1-2-9-27-20-8-7-17(24-15-16-5-3-4-6-19(16)23)14-18(20)21(25-27)22(28)26-10-12-29-13-11-26/h2-6,17,24H,1,7-15H2. The highest BCUT2D eigenvalue weighted by Crippen LogP contribution is 2.27. The number of rotatable bonds is 6. The molecule has 2 aliphatic rings. The fourth-order valence-corrected chi connectivity index (χ4v) is 5.23. The van der Waals surface area contributed by atoms with E-state index >= 15 is 0 Å². The van der Waals surface area contributed by atoms with E-state index in [2.05, 4.69) is 18.0 Å². The third kappa shape index (κ3) is 4.55. The molecule has 1 N–H and O–H groups in total. The molecule has 2 heterocycles. The number of thioether (sulfide) groups is 1. The Labute approximate surface area is 181 Å². The number of nitrogens with one attached hydrogen (secondary N) is 1. The molecule has 1 saturated heterocycles. The Bertz CT molecular complexity index is 891. The molecule has 4 rings (SSSR count). The topological polar surface area (TPSA) is 50.2 Å². The highest BCUT2D eigenvalue weighted by Gasteiger charge is 2.31. The highest BCUT2D eigenvalue weighted by atomic mass is 35.5. The molecule has 1 aliphatic heterocycles. The summed E-state index contributed by atoms with van der Waals surface area (Å²) >= 11 is 8.21. The summed E-state index contributed by atoms with van der Waals surface area (Å²) in [5.74, 6) is 2.09. The summed E-state index contributed by atoms with van der Waals surface area (Å²) in [7, 11) is 0. The maximum absolute atomic E-state index is 13.2. The van der Waals surface area contributed by atoms with Gasteiger partial charge in [-0.05, 0) is 30.9 Å². The molecule has 7 heteroatoms. The molecule has 1 aliphatic carbocycles. The number of hydrogen-bond donors (Lipinski definition) is 1. The van der Waals surface area contributed by atoms with Crippen molar-refractivity contribution in [2.45, 2.75) is 38.4 Å². The van der Waals surface area contributed by atoms with E-state index in [0.717, 1.165) is 66.6 Å². The molecule has 0 saturated carbocycles. The van der Waals surface area contributed by atoms with Crippen LogP contribution < -0.4 is 5.32 Å². The van der Waals surface area contributed by atoms with Crippen LogP contribution in [0.15, 0.2) is 36.9 Å². The Morgan fingerprint density at radius 3 is 2.90 bits per heavy atom. The quantitative estimate of drug-likeness (QED) is 0.712. The van der Waals surface area contributed by atoms with Gasteiger partial charge in [0.15, 0.2) is 5.69 Å². The van der Waals surface area contributed by atoms with Gasteiger partial charge < -0.3 is 10.2 Å². The van der Waals surface area contributed by atoms with Crippen LogP contribution in [0.4, 0.5) is 0 Å². The second-order valence-electron chi connectivity index (χ2n) is 7.56. The molecule has 2 aromatic rings. The van der Waals surface area contributed by atoms with Gasteiger partial charge in [0.2, 0.25) is 0 Å². The molecule has 1 unspecified atom stereocenters. The number of fused-ring (bicyclic) bond motifs is 1. The summed E-state index contributed by atoms with van der Waals surface area (Å²) in [5, 5.41) is 9.14. The van der Waals surface area contributed by atoms with Crippen LogP contribution >= 0.6 is 23.4 Å². The molecular formula is C22H27ClN4OS. The smallest absolute Gasteiger partial charge is 0.274 e. The fourth-order valence-electron chi connectivity index (χ4n) is 4.12. The van der Waals surface area contributed by atoms with Crippen molar-refractivity contribution in [2.75, 3.05) is 24.6 Å². The summed E-state index contributed by atoms with van der Waals surface area (Å²) in [6.45, 7) is 6.84. The first-order chi connectivity index (χ1) is 14.2. The molecule has 1 aromatic heterocycles. The lowest BCUT2D eigenvalue weighted by molar-refractivity contribution is 0.0764. The van der Waals surface area contributed by atoms with Gasteiger partial charge in [0.25, 0.3) is 5.91 Å². The SMILES string of the molecule is C=CCn1nc(C(=O)N2CCSCC2)c2c1CCC(NCc1ccccc1Cl)C2. The normalized spacial score (nSPS) is 19.1. The van der Waals surface area contributed by atoms with Gasteiger partial charge in [-0.15, -0.1) is 6.58 Å². The van der Waals surface area contributed by atoms with Crippen molar-refractivity contribution in [2.24, 2.45) is 0 Å². The van der Waals surface area contributed by atoms with Gasteiger partial charge in [0.1, 0.15) is 0 Å². The van der Waals surface area contributed by atoms with Crippen LogP contribution in [0.5, 0.6) is 0 Å². The van der Waals surface area contributed by atoms with E-state index in [1.165, 1.54) is 5.69 Å². The van der Waals surface area contributed by atoms with Crippen LogP contribution in [-0.4, -0.2) is 51.2 Å². The monoisotopic (exact) mass is 430 g/mol. The van der Waals surface area contributed by atoms with Crippen LogP contribution in [0.2, 0.25) is 5.02 Å². The summed E-state index contributed by atoms with van der Waals surface area (Å²) in [4.78, 5) is 15.2.